The number of benzene rings is 1. The highest BCUT2D eigenvalue weighted by Crippen LogP contribution is 2.27. The van der Waals surface area contributed by atoms with Crippen LogP contribution < -0.4 is 4.90 Å². The van der Waals surface area contributed by atoms with Crippen molar-refractivity contribution in [3.63, 3.8) is 0 Å². The molecule has 1 saturated heterocycles. The van der Waals surface area contributed by atoms with E-state index in [1.165, 1.54) is 5.56 Å². The van der Waals surface area contributed by atoms with Crippen LogP contribution >= 0.6 is 0 Å². The highest BCUT2D eigenvalue weighted by Gasteiger charge is 2.29. The van der Waals surface area contributed by atoms with E-state index in [0.717, 1.165) is 37.4 Å². The van der Waals surface area contributed by atoms with E-state index < -0.39 is 0 Å². The minimum Gasteiger partial charge on any atom is -0.367 e. The summed E-state index contributed by atoms with van der Waals surface area (Å²) in [5, 5.41) is 7.04. The van der Waals surface area contributed by atoms with E-state index in [-0.39, 0.29) is 12.0 Å². The Balaban J connectivity index is 1.43. The van der Waals surface area contributed by atoms with Crippen molar-refractivity contribution in [2.75, 3.05) is 37.7 Å². The number of nitrogens with one attached hydrogen (secondary N) is 1. The molecule has 1 unspecified atom stereocenters. The van der Waals surface area contributed by atoms with Crippen molar-refractivity contribution in [2.45, 2.75) is 25.9 Å². The van der Waals surface area contributed by atoms with Crippen LogP contribution in [0.25, 0.3) is 0 Å². The average Bonchev–Trinajstić information content (AvgIpc) is 3.08. The van der Waals surface area contributed by atoms with E-state index in [2.05, 4.69) is 26.1 Å². The van der Waals surface area contributed by atoms with Crippen LogP contribution in [0.15, 0.2) is 24.3 Å². The molecule has 3 heterocycles. The first-order valence-corrected chi connectivity index (χ1v) is 8.82. The Labute approximate surface area is 147 Å². The first kappa shape index (κ1) is 16.2. The number of fused-ring (bicyclic) bond motifs is 1. The first-order chi connectivity index (χ1) is 12.2. The molecule has 1 amide bonds. The first-order valence-electron chi connectivity index (χ1n) is 8.82. The fourth-order valence-electron chi connectivity index (χ4n) is 3.58. The summed E-state index contributed by atoms with van der Waals surface area (Å²) >= 11 is 0. The molecule has 2 aliphatic rings. The second kappa shape index (κ2) is 6.93. The number of hydrogen-bond acceptors (Lipinski definition) is 5. The molecule has 0 bridgehead atoms. The molecule has 1 aromatic carbocycles. The number of anilines is 1. The lowest BCUT2D eigenvalue weighted by atomic mass is 10.0. The van der Waals surface area contributed by atoms with Crippen LogP contribution in [-0.4, -0.2) is 58.8 Å². The van der Waals surface area contributed by atoms with Crippen molar-refractivity contribution in [3.8, 4) is 0 Å². The Bertz CT molecular complexity index is 759. The molecule has 0 aliphatic carbocycles. The number of H-pyrrole nitrogens is 1. The van der Waals surface area contributed by atoms with Crippen molar-refractivity contribution in [3.05, 3.63) is 41.5 Å². The second-order valence-corrected chi connectivity index (χ2v) is 6.65. The van der Waals surface area contributed by atoms with E-state index >= 15 is 0 Å². The predicted octanol–water partition coefficient (Wildman–Crippen LogP) is 1.47. The van der Waals surface area contributed by atoms with E-state index in [1.807, 2.05) is 30.0 Å². The number of morpholine rings is 1. The van der Waals surface area contributed by atoms with Crippen LogP contribution in [-0.2, 0) is 16.0 Å². The molecular formula is C18H23N5O2. The predicted molar refractivity (Wildman–Crippen MR) is 93.4 cm³/mol. The van der Waals surface area contributed by atoms with Gasteiger partial charge in [0.2, 0.25) is 5.91 Å². The molecular weight excluding hydrogens is 318 g/mol. The third-order valence-electron chi connectivity index (χ3n) is 4.82. The van der Waals surface area contributed by atoms with Gasteiger partial charge in [-0.25, -0.2) is 4.98 Å². The van der Waals surface area contributed by atoms with Crippen molar-refractivity contribution in [1.29, 1.82) is 0 Å². The standard InChI is InChI=1S/C18H23N5O2/c1-13-19-18(21-20-13)16-11-22(9-10-25-16)12-17(24)23-8-4-6-14-5-2-3-7-15(14)23/h2-3,5,7,16H,4,6,8-12H2,1H3,(H,19,20,21). The maximum atomic E-state index is 12.9. The van der Waals surface area contributed by atoms with Crippen molar-refractivity contribution >= 4 is 11.6 Å². The molecule has 1 fully saturated rings. The van der Waals surface area contributed by atoms with Crippen molar-refractivity contribution in [1.82, 2.24) is 20.1 Å². The number of hydrogen-bond donors (Lipinski definition) is 1. The van der Waals surface area contributed by atoms with Crippen LogP contribution in [0.2, 0.25) is 0 Å². The quantitative estimate of drug-likeness (QED) is 0.915. The summed E-state index contributed by atoms with van der Waals surface area (Å²) in [6, 6.07) is 8.20. The van der Waals surface area contributed by atoms with Gasteiger partial charge in [-0.1, -0.05) is 18.2 Å². The molecule has 2 aliphatic heterocycles. The third-order valence-corrected chi connectivity index (χ3v) is 4.82. The van der Waals surface area contributed by atoms with E-state index in [0.29, 0.717) is 25.5 Å². The molecule has 1 N–H and O–H groups in total. The van der Waals surface area contributed by atoms with Crippen LogP contribution in [0.3, 0.4) is 0 Å². The largest absolute Gasteiger partial charge is 0.367 e. The summed E-state index contributed by atoms with van der Waals surface area (Å²) in [4.78, 5) is 21.3. The van der Waals surface area contributed by atoms with Gasteiger partial charge in [-0.3, -0.25) is 14.8 Å². The number of amides is 1. The zero-order valence-electron chi connectivity index (χ0n) is 14.4. The molecule has 7 heteroatoms. The molecule has 132 valence electrons. The number of carbonyl (C=O) groups is 1. The van der Waals surface area contributed by atoms with E-state index in [4.69, 9.17) is 4.74 Å². The molecule has 4 rings (SSSR count). The van der Waals surface area contributed by atoms with Gasteiger partial charge in [-0.2, -0.15) is 5.10 Å². The Morgan fingerprint density at radius 3 is 3.08 bits per heavy atom. The Hall–Kier alpha value is -2.25. The van der Waals surface area contributed by atoms with Gasteiger partial charge >= 0.3 is 0 Å². The van der Waals surface area contributed by atoms with Gasteiger partial charge in [0.15, 0.2) is 5.82 Å². The number of nitrogens with zero attached hydrogens (tertiary/aromatic N) is 4. The third kappa shape index (κ3) is 3.43. The smallest absolute Gasteiger partial charge is 0.241 e. The summed E-state index contributed by atoms with van der Waals surface area (Å²) in [6.45, 7) is 5.04. The Morgan fingerprint density at radius 1 is 1.36 bits per heavy atom. The number of aromatic nitrogens is 3. The number of para-hydroxylation sites is 1. The molecule has 2 aromatic rings. The Morgan fingerprint density at radius 2 is 2.24 bits per heavy atom. The van der Waals surface area contributed by atoms with Crippen molar-refractivity contribution < 1.29 is 9.53 Å². The molecule has 1 aromatic heterocycles. The second-order valence-electron chi connectivity index (χ2n) is 6.65. The van der Waals surface area contributed by atoms with Crippen LogP contribution in [0, 0.1) is 6.92 Å². The van der Waals surface area contributed by atoms with E-state index in [9.17, 15) is 4.79 Å². The lowest BCUT2D eigenvalue weighted by molar-refractivity contribution is -0.122. The summed E-state index contributed by atoms with van der Waals surface area (Å²) in [7, 11) is 0. The summed E-state index contributed by atoms with van der Waals surface area (Å²) in [6.07, 6.45) is 1.88. The monoisotopic (exact) mass is 341 g/mol. The van der Waals surface area contributed by atoms with Gasteiger partial charge < -0.3 is 9.64 Å². The SMILES string of the molecule is Cc1nc(C2CN(CC(=O)N3CCCc4ccccc43)CCO2)n[nH]1. The van der Waals surface area contributed by atoms with Crippen molar-refractivity contribution in [2.24, 2.45) is 0 Å². The highest BCUT2D eigenvalue weighted by atomic mass is 16.5. The maximum Gasteiger partial charge on any atom is 0.241 e. The lowest BCUT2D eigenvalue weighted by Crippen LogP contribution is -2.47. The fourth-order valence-corrected chi connectivity index (χ4v) is 3.58. The van der Waals surface area contributed by atoms with Crippen LogP contribution in [0.5, 0.6) is 0 Å². The normalized spacial score (nSPS) is 21.2. The Kier molecular flexibility index (Phi) is 4.50. The molecule has 7 nitrogen and oxygen atoms in total. The zero-order chi connectivity index (χ0) is 17.2. The van der Waals surface area contributed by atoms with Gasteiger partial charge in [-0.15, -0.1) is 0 Å². The summed E-state index contributed by atoms with van der Waals surface area (Å²) < 4.78 is 5.78. The molecule has 1 atom stereocenters. The van der Waals surface area contributed by atoms with E-state index in [1.54, 1.807) is 0 Å². The number of rotatable bonds is 3. The molecule has 0 spiro atoms. The minimum absolute atomic E-state index is 0.152. The highest BCUT2D eigenvalue weighted by molar-refractivity contribution is 5.95. The maximum absolute atomic E-state index is 12.9. The number of ether oxygens (including phenoxy) is 1. The summed E-state index contributed by atoms with van der Waals surface area (Å²) in [5.41, 5.74) is 2.33. The molecule has 25 heavy (non-hydrogen) atoms. The molecule has 0 radical (unpaired) electrons. The van der Waals surface area contributed by atoms with Gasteiger partial charge in [0, 0.05) is 25.3 Å². The van der Waals surface area contributed by atoms with Gasteiger partial charge in [-0.05, 0) is 31.4 Å². The minimum atomic E-state index is -0.180. The van der Waals surface area contributed by atoms with Gasteiger partial charge in [0.05, 0.1) is 13.2 Å². The number of aryl methyl sites for hydroxylation is 2. The van der Waals surface area contributed by atoms with Crippen LogP contribution in [0.4, 0.5) is 5.69 Å². The lowest BCUT2D eigenvalue weighted by Gasteiger charge is -2.34. The number of aromatic amines is 1. The average molecular weight is 341 g/mol. The van der Waals surface area contributed by atoms with Crippen LogP contribution in [0.1, 0.15) is 29.7 Å². The zero-order valence-corrected chi connectivity index (χ0v) is 14.4. The molecule has 0 saturated carbocycles. The fraction of sp³-hybridized carbons (Fsp3) is 0.500. The van der Waals surface area contributed by atoms with Gasteiger partial charge in [0.1, 0.15) is 11.9 Å². The summed E-state index contributed by atoms with van der Waals surface area (Å²) in [5.74, 6) is 1.59. The van der Waals surface area contributed by atoms with Gasteiger partial charge in [0.25, 0.3) is 0 Å². The number of carbonyl (C=O) groups excluding carboxylic acids is 1. The topological polar surface area (TPSA) is 74.3 Å².